The lowest BCUT2D eigenvalue weighted by Gasteiger charge is -2.22. The fourth-order valence-corrected chi connectivity index (χ4v) is 11.7. The Balaban J connectivity index is 0.000000153. The number of hydrogen-bond donors (Lipinski definition) is 2. The van der Waals surface area contributed by atoms with E-state index in [1.165, 1.54) is 21.3 Å². The highest BCUT2D eigenvalue weighted by Crippen LogP contribution is 2.38. The third-order valence-corrected chi connectivity index (χ3v) is 17.1. The van der Waals surface area contributed by atoms with Gasteiger partial charge >= 0.3 is 17.9 Å². The highest BCUT2D eigenvalue weighted by Gasteiger charge is 2.18. The number of carbonyl (C=O) groups is 3. The number of nitrogens with one attached hydrogen (secondary N) is 1. The first-order valence-electron chi connectivity index (χ1n) is 32.0. The zero-order valence-electron chi connectivity index (χ0n) is 56.4. The fraction of sp³-hybridized carbons (Fsp3) is 0.177. The molecule has 20 nitrogen and oxygen atoms in total. The summed E-state index contributed by atoms with van der Waals surface area (Å²) in [5.41, 5.74) is 17.1. The second-order valence-corrected chi connectivity index (χ2v) is 24.3. The van der Waals surface area contributed by atoms with Crippen LogP contribution in [0, 0.1) is 0 Å². The number of nitrogens with zero attached hydrogens (tertiary/aromatic N) is 6. The van der Waals surface area contributed by atoms with Crippen molar-refractivity contribution in [3.05, 3.63) is 273 Å². The van der Waals surface area contributed by atoms with E-state index in [0.717, 1.165) is 142 Å². The molecule has 0 bridgehead atoms. The molecule has 0 aliphatic carbocycles. The van der Waals surface area contributed by atoms with E-state index in [1.807, 2.05) is 189 Å². The molecule has 0 spiro atoms. The Kier molecular flexibility index (Phi) is 26.1. The molecule has 7 aromatic heterocycles. The molecule has 0 saturated heterocycles. The van der Waals surface area contributed by atoms with E-state index >= 15 is 0 Å². The number of nitrogens with two attached hydrogens (primary N) is 1. The maximum atomic E-state index is 11.7. The summed E-state index contributed by atoms with van der Waals surface area (Å²) in [6.07, 6.45) is 7.27. The standard InChI is InChI=1S/C31H30N4O4.2C17H13BrO4.C14H18N4/c1-37-30-18-24-17-28(22-9-11-23(12-10-22)31(36)38-2)39-29(24)19-27(30)34-15-16-35(20-25-7-3-5-13-32-25)21-26-8-4-6-14-33-26;2*1-20-16-8-12-7-14(22-15(12)9-13(16)18)10-3-5-11(6-4-10)17(19)21-2;15-7-10-18(11-13-5-1-3-8-16-13)12-14-6-2-4-9-17-14/h3-14,17-19,34H,15-16,20-21H2,1-2H3;2*3-9H,1-2H3;1-6,8-9H,7,10-12,15H2. The minimum Gasteiger partial charge on any atom is -0.496 e. The molecule has 0 unspecified atom stereocenters. The SMILES string of the molecule is COC(=O)c1ccc(-c2cc3cc(OC)c(Br)cc3o2)cc1.COC(=O)c1ccc(-c2cc3cc(OC)c(Br)cc3o2)cc1.COC(=O)c1ccc(-c2cc3cc(OC)c(NCCN(Cc4ccccn4)Cc4ccccn4)cc3o2)cc1.NCCN(Cc1ccccn1)Cc1ccccn1. The van der Waals surface area contributed by atoms with Crippen LogP contribution in [-0.2, 0) is 40.4 Å². The van der Waals surface area contributed by atoms with Gasteiger partial charge in [-0.3, -0.25) is 29.7 Å². The van der Waals surface area contributed by atoms with E-state index in [0.29, 0.717) is 48.6 Å². The molecule has 13 aromatic rings. The summed E-state index contributed by atoms with van der Waals surface area (Å²) in [7, 11) is 9.00. The van der Waals surface area contributed by atoms with E-state index in [9.17, 15) is 14.4 Å². The highest BCUT2D eigenvalue weighted by atomic mass is 79.9. The minimum atomic E-state index is -0.370. The molecule has 22 heteroatoms. The molecule has 0 saturated carbocycles. The van der Waals surface area contributed by atoms with Crippen LogP contribution in [0.15, 0.2) is 247 Å². The van der Waals surface area contributed by atoms with Crippen LogP contribution in [0.3, 0.4) is 0 Å². The van der Waals surface area contributed by atoms with Crippen molar-refractivity contribution in [3.8, 4) is 51.2 Å². The van der Waals surface area contributed by atoms with Crippen molar-refractivity contribution in [3.63, 3.8) is 0 Å². The van der Waals surface area contributed by atoms with Crippen molar-refractivity contribution in [2.45, 2.75) is 26.2 Å². The molecular formula is C79H74Br2N8O12. The molecule has 3 N–H and O–H groups in total. The van der Waals surface area contributed by atoms with Crippen molar-refractivity contribution in [2.24, 2.45) is 5.73 Å². The van der Waals surface area contributed by atoms with E-state index in [4.69, 9.17) is 37.9 Å². The molecule has 7 heterocycles. The van der Waals surface area contributed by atoms with Gasteiger partial charge in [-0.25, -0.2) is 14.4 Å². The monoisotopic (exact) mass is 1480 g/mol. The molecule has 6 aromatic carbocycles. The van der Waals surface area contributed by atoms with Crippen LogP contribution in [0.25, 0.3) is 66.9 Å². The number of aromatic nitrogens is 4. The zero-order valence-corrected chi connectivity index (χ0v) is 59.6. The lowest BCUT2D eigenvalue weighted by molar-refractivity contribution is 0.0592. The van der Waals surface area contributed by atoms with Crippen LogP contribution >= 0.6 is 31.9 Å². The summed E-state index contributed by atoms with van der Waals surface area (Å²) in [5, 5.41) is 6.34. The number of ether oxygens (including phenoxy) is 6. The summed E-state index contributed by atoms with van der Waals surface area (Å²) >= 11 is 6.88. The number of pyridine rings is 4. The van der Waals surface area contributed by atoms with Gasteiger partial charge in [0, 0.05) is 116 Å². The lowest BCUT2D eigenvalue weighted by Crippen LogP contribution is -2.29. The zero-order chi connectivity index (χ0) is 71.0. The van der Waals surface area contributed by atoms with Crippen molar-refractivity contribution < 1.29 is 56.1 Å². The first-order chi connectivity index (χ1) is 49.2. The Morgan fingerprint density at radius 3 is 1.02 bits per heavy atom. The Labute approximate surface area is 601 Å². The normalized spacial score (nSPS) is 10.8. The van der Waals surface area contributed by atoms with Crippen LogP contribution in [0.5, 0.6) is 17.2 Å². The topological polar surface area (TPSA) is 242 Å². The van der Waals surface area contributed by atoms with E-state index in [1.54, 1.807) is 57.7 Å². The first kappa shape index (κ1) is 72.7. The number of esters is 3. The molecule has 0 amide bonds. The molecule has 101 heavy (non-hydrogen) atoms. The molecule has 516 valence electrons. The molecule has 0 aliphatic rings. The summed E-state index contributed by atoms with van der Waals surface area (Å²) in [4.78, 5) is 56.9. The maximum absolute atomic E-state index is 11.7. The fourth-order valence-electron chi connectivity index (χ4n) is 10.7. The highest BCUT2D eigenvalue weighted by molar-refractivity contribution is 9.11. The second-order valence-electron chi connectivity index (χ2n) is 22.6. The van der Waals surface area contributed by atoms with Gasteiger partial charge in [0.1, 0.15) is 51.3 Å². The number of halogens is 2. The number of benzene rings is 6. The lowest BCUT2D eigenvalue weighted by atomic mass is 10.1. The van der Waals surface area contributed by atoms with Gasteiger partial charge in [-0.15, -0.1) is 0 Å². The molecule has 0 radical (unpaired) electrons. The van der Waals surface area contributed by atoms with Crippen LogP contribution in [0.4, 0.5) is 5.69 Å². The van der Waals surface area contributed by atoms with Crippen molar-refractivity contribution >= 4 is 88.4 Å². The number of hydrogen-bond acceptors (Lipinski definition) is 20. The summed E-state index contributed by atoms with van der Waals surface area (Å²) in [6, 6.07) is 62.5. The number of furan rings is 3. The molecule has 0 atom stereocenters. The van der Waals surface area contributed by atoms with Crippen LogP contribution in [0.2, 0.25) is 0 Å². The quantitative estimate of drug-likeness (QED) is 0.0447. The van der Waals surface area contributed by atoms with Crippen LogP contribution in [0.1, 0.15) is 53.8 Å². The van der Waals surface area contributed by atoms with Gasteiger partial charge in [-0.2, -0.15) is 0 Å². The van der Waals surface area contributed by atoms with Gasteiger partial charge in [0.2, 0.25) is 0 Å². The Morgan fingerprint density at radius 2 is 0.723 bits per heavy atom. The van der Waals surface area contributed by atoms with Crippen molar-refractivity contribution in [1.29, 1.82) is 0 Å². The average molecular weight is 1490 g/mol. The van der Waals surface area contributed by atoms with Crippen LogP contribution in [-0.4, -0.2) is 116 Å². The molecule has 13 rings (SSSR count). The van der Waals surface area contributed by atoms with E-state index in [-0.39, 0.29) is 17.9 Å². The number of methoxy groups -OCH3 is 6. The third kappa shape index (κ3) is 19.9. The summed E-state index contributed by atoms with van der Waals surface area (Å²) in [5.74, 6) is 3.31. The van der Waals surface area contributed by atoms with E-state index in [2.05, 4.69) is 76.4 Å². The van der Waals surface area contributed by atoms with Crippen molar-refractivity contribution in [2.75, 3.05) is 74.2 Å². The summed E-state index contributed by atoms with van der Waals surface area (Å²) in [6.45, 7) is 5.96. The maximum Gasteiger partial charge on any atom is 0.337 e. The molecule has 0 fully saturated rings. The number of fused-ring (bicyclic) bond motifs is 3. The largest absolute Gasteiger partial charge is 0.496 e. The number of rotatable bonds is 23. The predicted octanol–water partition coefficient (Wildman–Crippen LogP) is 16.6. The Hall–Kier alpha value is -11.0. The Bertz CT molecular complexity index is 4590. The second kappa shape index (κ2) is 36.2. The molecule has 0 aliphatic heterocycles. The summed E-state index contributed by atoms with van der Waals surface area (Å²) < 4.78 is 50.0. The molecular weight excluding hydrogens is 1410 g/mol. The smallest absolute Gasteiger partial charge is 0.337 e. The predicted molar refractivity (Wildman–Crippen MR) is 397 cm³/mol. The average Bonchev–Trinajstić information content (AvgIpc) is 1.68. The number of carbonyl (C=O) groups excluding carboxylic acids is 3. The third-order valence-electron chi connectivity index (χ3n) is 15.8. The van der Waals surface area contributed by atoms with Gasteiger partial charge in [-0.05, 0) is 165 Å². The first-order valence-corrected chi connectivity index (χ1v) is 33.5. The van der Waals surface area contributed by atoms with E-state index < -0.39 is 0 Å². The number of anilines is 1. The minimum absolute atomic E-state index is 0.357. The van der Waals surface area contributed by atoms with Gasteiger partial charge in [-0.1, -0.05) is 60.7 Å². The van der Waals surface area contributed by atoms with Gasteiger partial charge in [0.15, 0.2) is 0 Å². The van der Waals surface area contributed by atoms with Gasteiger partial charge in [0.25, 0.3) is 0 Å². The Morgan fingerprint density at radius 1 is 0.406 bits per heavy atom. The van der Waals surface area contributed by atoms with Crippen molar-refractivity contribution in [1.82, 2.24) is 29.7 Å². The van der Waals surface area contributed by atoms with Gasteiger partial charge in [0.05, 0.1) is 96.8 Å². The van der Waals surface area contributed by atoms with Crippen LogP contribution < -0.4 is 25.3 Å². The van der Waals surface area contributed by atoms with Gasteiger partial charge < -0.3 is 52.7 Å².